The molecule has 0 bridgehead atoms. The molecule has 2 rings (SSSR count). The van der Waals surface area contributed by atoms with Crippen LogP contribution in [0.5, 0.6) is 0 Å². The van der Waals surface area contributed by atoms with Gasteiger partial charge in [-0.3, -0.25) is 0 Å². The molecule has 1 N–H and O–H groups in total. The van der Waals surface area contributed by atoms with Crippen molar-refractivity contribution in [3.63, 3.8) is 0 Å². The van der Waals surface area contributed by atoms with Gasteiger partial charge < -0.3 is 5.11 Å². The summed E-state index contributed by atoms with van der Waals surface area (Å²) in [5, 5.41) is 18.4. The molecule has 17 heavy (non-hydrogen) atoms. The monoisotopic (exact) mass is 223 g/mol. The van der Waals surface area contributed by atoms with Crippen LogP contribution in [0.25, 0.3) is 0 Å². The van der Waals surface area contributed by atoms with Gasteiger partial charge in [-0.2, -0.15) is 5.26 Å². The molecule has 0 aliphatic carbocycles. The van der Waals surface area contributed by atoms with Gasteiger partial charge in [0.05, 0.1) is 6.07 Å². The van der Waals surface area contributed by atoms with Crippen molar-refractivity contribution >= 4 is 0 Å². The second kappa shape index (κ2) is 5.29. The molecule has 0 aliphatic rings. The van der Waals surface area contributed by atoms with Crippen molar-refractivity contribution in [2.75, 3.05) is 0 Å². The van der Waals surface area contributed by atoms with Gasteiger partial charge in [-0.1, -0.05) is 54.6 Å². The molecule has 1 unspecified atom stereocenters. The Kier molecular flexibility index (Phi) is 3.54. The lowest BCUT2D eigenvalue weighted by Gasteiger charge is -2.10. The Hall–Kier alpha value is -2.11. The molecule has 0 saturated carbocycles. The summed E-state index contributed by atoms with van der Waals surface area (Å²) in [6, 6.07) is 19.4. The second-order valence-corrected chi connectivity index (χ2v) is 3.89. The smallest absolute Gasteiger partial charge is 0.166 e. The number of aliphatic hydroxyl groups is 1. The van der Waals surface area contributed by atoms with Crippen LogP contribution in [-0.4, -0.2) is 5.11 Å². The first-order valence-electron chi connectivity index (χ1n) is 5.50. The highest BCUT2D eigenvalue weighted by molar-refractivity contribution is 5.36. The highest BCUT2D eigenvalue weighted by Gasteiger charge is 2.10. The summed E-state index contributed by atoms with van der Waals surface area (Å²) < 4.78 is 0. The zero-order valence-electron chi connectivity index (χ0n) is 9.38. The Morgan fingerprint density at radius 2 is 1.65 bits per heavy atom. The fourth-order valence-corrected chi connectivity index (χ4v) is 1.85. The molecule has 0 saturated heterocycles. The topological polar surface area (TPSA) is 44.0 Å². The van der Waals surface area contributed by atoms with Crippen molar-refractivity contribution in [3.05, 3.63) is 71.3 Å². The van der Waals surface area contributed by atoms with Crippen LogP contribution in [0.15, 0.2) is 54.6 Å². The molecule has 84 valence electrons. The van der Waals surface area contributed by atoms with E-state index in [9.17, 15) is 5.11 Å². The lowest BCUT2D eigenvalue weighted by molar-refractivity contribution is 0.235. The predicted molar refractivity (Wildman–Crippen MR) is 66.3 cm³/mol. The predicted octanol–water partition coefficient (Wildman–Crippen LogP) is 2.83. The Labute approximate surface area is 101 Å². The minimum atomic E-state index is -1.05. The molecule has 0 radical (unpaired) electrons. The van der Waals surface area contributed by atoms with Crippen molar-refractivity contribution in [2.24, 2.45) is 0 Å². The van der Waals surface area contributed by atoms with E-state index in [1.54, 1.807) is 6.07 Å². The third-order valence-corrected chi connectivity index (χ3v) is 2.71. The summed E-state index contributed by atoms with van der Waals surface area (Å²) in [5.74, 6) is 0. The van der Waals surface area contributed by atoms with Crippen LogP contribution in [0.4, 0.5) is 0 Å². The summed E-state index contributed by atoms with van der Waals surface area (Å²) in [4.78, 5) is 0. The fourth-order valence-electron chi connectivity index (χ4n) is 1.85. The molecule has 0 aliphatic heterocycles. The van der Waals surface area contributed by atoms with Gasteiger partial charge in [0.25, 0.3) is 0 Å². The minimum absolute atomic E-state index is 0.693. The molecule has 2 aromatic carbocycles. The van der Waals surface area contributed by atoms with E-state index in [-0.39, 0.29) is 0 Å². The summed E-state index contributed by atoms with van der Waals surface area (Å²) in [6.45, 7) is 0. The van der Waals surface area contributed by atoms with E-state index >= 15 is 0 Å². The van der Waals surface area contributed by atoms with Gasteiger partial charge in [-0.25, -0.2) is 0 Å². The van der Waals surface area contributed by atoms with Gasteiger partial charge in [-0.15, -0.1) is 0 Å². The van der Waals surface area contributed by atoms with Crippen LogP contribution in [0, 0.1) is 11.3 Å². The molecule has 1 atom stereocenters. The normalized spacial score (nSPS) is 11.8. The Bertz CT molecular complexity index is 528. The van der Waals surface area contributed by atoms with E-state index < -0.39 is 6.10 Å². The first-order chi connectivity index (χ1) is 8.31. The molecule has 0 spiro atoms. The fraction of sp³-hybridized carbons (Fsp3) is 0.133. The van der Waals surface area contributed by atoms with Crippen LogP contribution >= 0.6 is 0 Å². The van der Waals surface area contributed by atoms with Crippen molar-refractivity contribution in [2.45, 2.75) is 12.5 Å². The second-order valence-electron chi connectivity index (χ2n) is 3.89. The van der Waals surface area contributed by atoms with E-state index in [0.717, 1.165) is 12.0 Å². The van der Waals surface area contributed by atoms with Crippen LogP contribution in [0.1, 0.15) is 22.8 Å². The van der Waals surface area contributed by atoms with Gasteiger partial charge in [0, 0.05) is 0 Å². The van der Waals surface area contributed by atoms with Crippen molar-refractivity contribution in [3.8, 4) is 6.07 Å². The van der Waals surface area contributed by atoms with Crippen LogP contribution < -0.4 is 0 Å². The van der Waals surface area contributed by atoms with Gasteiger partial charge >= 0.3 is 0 Å². The molecule has 0 fully saturated rings. The van der Waals surface area contributed by atoms with E-state index in [1.807, 2.05) is 54.6 Å². The Morgan fingerprint density at radius 1 is 1.00 bits per heavy atom. The molecule has 2 nitrogen and oxygen atoms in total. The molecular weight excluding hydrogens is 210 g/mol. The summed E-state index contributed by atoms with van der Waals surface area (Å²) in [6.07, 6.45) is -0.314. The van der Waals surface area contributed by atoms with Crippen molar-refractivity contribution in [1.82, 2.24) is 0 Å². The minimum Gasteiger partial charge on any atom is -0.374 e. The van der Waals surface area contributed by atoms with Crippen molar-refractivity contribution in [1.29, 1.82) is 5.26 Å². The van der Waals surface area contributed by atoms with Crippen LogP contribution in [0.2, 0.25) is 0 Å². The van der Waals surface area contributed by atoms with Crippen LogP contribution in [0.3, 0.4) is 0 Å². The maximum atomic E-state index is 9.63. The standard InChI is InChI=1S/C15H13NO/c16-11-15(17)14-9-5-4-8-13(14)10-12-6-2-1-3-7-12/h1-9,15,17H,10H2. The summed E-state index contributed by atoms with van der Waals surface area (Å²) >= 11 is 0. The van der Waals surface area contributed by atoms with Crippen LogP contribution in [-0.2, 0) is 6.42 Å². The molecule has 0 heterocycles. The van der Waals surface area contributed by atoms with Crippen molar-refractivity contribution < 1.29 is 5.11 Å². The first kappa shape index (κ1) is 11.4. The third kappa shape index (κ3) is 2.72. The zero-order chi connectivity index (χ0) is 12.1. The maximum absolute atomic E-state index is 9.63. The first-order valence-corrected chi connectivity index (χ1v) is 5.50. The molecule has 2 heteroatoms. The average Bonchev–Trinajstić information content (AvgIpc) is 2.40. The Morgan fingerprint density at radius 3 is 2.35 bits per heavy atom. The quantitative estimate of drug-likeness (QED) is 0.813. The van der Waals surface area contributed by atoms with E-state index in [1.165, 1.54) is 5.56 Å². The molecule has 0 aromatic heterocycles. The Balaban J connectivity index is 2.31. The third-order valence-electron chi connectivity index (χ3n) is 2.71. The summed E-state index contributed by atoms with van der Waals surface area (Å²) in [7, 11) is 0. The van der Waals surface area contributed by atoms with E-state index in [0.29, 0.717) is 5.56 Å². The number of rotatable bonds is 3. The summed E-state index contributed by atoms with van der Waals surface area (Å²) in [5.41, 5.74) is 2.86. The van der Waals surface area contributed by atoms with Gasteiger partial charge in [-0.05, 0) is 23.1 Å². The number of hydrogen-bond donors (Lipinski definition) is 1. The van der Waals surface area contributed by atoms with E-state index in [2.05, 4.69) is 0 Å². The van der Waals surface area contributed by atoms with Gasteiger partial charge in [0.1, 0.15) is 0 Å². The largest absolute Gasteiger partial charge is 0.374 e. The number of aliphatic hydroxyl groups excluding tert-OH is 1. The van der Waals surface area contributed by atoms with Gasteiger partial charge in [0.15, 0.2) is 6.10 Å². The lowest BCUT2D eigenvalue weighted by atomic mass is 9.97. The SMILES string of the molecule is N#CC(O)c1ccccc1Cc1ccccc1. The lowest BCUT2D eigenvalue weighted by Crippen LogP contribution is -2.00. The molecular formula is C15H13NO. The highest BCUT2D eigenvalue weighted by Crippen LogP contribution is 2.20. The molecule has 2 aromatic rings. The maximum Gasteiger partial charge on any atom is 0.166 e. The highest BCUT2D eigenvalue weighted by atomic mass is 16.3. The number of nitriles is 1. The van der Waals surface area contributed by atoms with Gasteiger partial charge in [0.2, 0.25) is 0 Å². The average molecular weight is 223 g/mol. The zero-order valence-corrected chi connectivity index (χ0v) is 9.38. The van der Waals surface area contributed by atoms with E-state index in [4.69, 9.17) is 5.26 Å². The molecule has 0 amide bonds. The number of nitrogens with zero attached hydrogens (tertiary/aromatic N) is 1. The number of hydrogen-bond acceptors (Lipinski definition) is 2. The number of benzene rings is 2.